The number of aryl methyl sites for hydroxylation is 4. The summed E-state index contributed by atoms with van der Waals surface area (Å²) in [4.78, 5) is 0. The third-order valence-electron chi connectivity index (χ3n) is 8.63. The predicted octanol–water partition coefficient (Wildman–Crippen LogP) is 7.28. The van der Waals surface area contributed by atoms with Gasteiger partial charge in [0.2, 0.25) is 5.69 Å². The van der Waals surface area contributed by atoms with E-state index in [0.717, 1.165) is 23.1 Å². The lowest BCUT2D eigenvalue weighted by Crippen LogP contribution is -2.31. The molecule has 2 heteroatoms. The topological polar surface area (TPSA) is 27.7 Å². The van der Waals surface area contributed by atoms with Crippen molar-refractivity contribution in [3.63, 3.8) is 0 Å². The van der Waals surface area contributed by atoms with Gasteiger partial charge in [-0.1, -0.05) is 45.9 Å². The van der Waals surface area contributed by atoms with Crippen molar-refractivity contribution in [2.24, 2.45) is 30.7 Å². The third kappa shape index (κ3) is 3.99. The second-order valence-corrected chi connectivity index (χ2v) is 10.5. The van der Waals surface area contributed by atoms with Gasteiger partial charge in [0.25, 0.3) is 0 Å². The first kappa shape index (κ1) is 23.2. The third-order valence-corrected chi connectivity index (χ3v) is 8.63. The monoisotopic (exact) mass is 437 g/mol. The fraction of sp³-hybridized carbons (Fsp3) is 0.419. The van der Waals surface area contributed by atoms with Gasteiger partial charge in [-0.2, -0.15) is 5.26 Å². The highest BCUT2D eigenvalue weighted by molar-refractivity contribution is 5.72. The maximum absolute atomic E-state index is 9.33. The number of aromatic nitrogens is 1. The molecule has 0 amide bonds. The van der Waals surface area contributed by atoms with E-state index in [1.807, 2.05) is 18.2 Å². The Morgan fingerprint density at radius 2 is 1.36 bits per heavy atom. The normalized spacial score (nSPS) is 24.6. The summed E-state index contributed by atoms with van der Waals surface area (Å²) in [7, 11) is 2.10. The van der Waals surface area contributed by atoms with Crippen LogP contribution in [0.5, 0.6) is 0 Å². The smallest absolute Gasteiger partial charge is 0.200 e. The average molecular weight is 438 g/mol. The highest BCUT2D eigenvalue weighted by atomic mass is 14.9. The molecule has 2 aromatic carbocycles. The molecule has 1 aliphatic rings. The fourth-order valence-corrected chi connectivity index (χ4v) is 6.35. The largest absolute Gasteiger partial charge is 0.212 e. The number of benzene rings is 2. The number of rotatable bonds is 3. The van der Waals surface area contributed by atoms with Crippen LogP contribution in [0.4, 0.5) is 0 Å². The molecule has 1 heterocycles. The van der Waals surface area contributed by atoms with E-state index >= 15 is 0 Å². The molecule has 1 fully saturated rings. The number of pyridine rings is 1. The Hall–Kier alpha value is -2.92. The molecule has 0 N–H and O–H groups in total. The van der Waals surface area contributed by atoms with Crippen LogP contribution in [0.15, 0.2) is 48.7 Å². The Kier molecular flexibility index (Phi) is 6.19. The summed E-state index contributed by atoms with van der Waals surface area (Å²) in [5.41, 5.74) is 10.9. The number of nitriles is 1. The van der Waals surface area contributed by atoms with Crippen LogP contribution in [0, 0.1) is 55.8 Å². The average Bonchev–Trinajstić information content (AvgIpc) is 2.96. The van der Waals surface area contributed by atoms with Gasteiger partial charge < -0.3 is 0 Å². The van der Waals surface area contributed by atoms with Crippen molar-refractivity contribution >= 4 is 0 Å². The minimum absolute atomic E-state index is 0.635. The maximum Gasteiger partial charge on any atom is 0.212 e. The van der Waals surface area contributed by atoms with Crippen LogP contribution < -0.4 is 4.57 Å². The van der Waals surface area contributed by atoms with E-state index in [1.165, 1.54) is 33.4 Å². The molecule has 4 unspecified atom stereocenters. The molecule has 170 valence electrons. The van der Waals surface area contributed by atoms with Gasteiger partial charge in [-0.05, 0) is 96.4 Å². The second-order valence-electron chi connectivity index (χ2n) is 10.5. The molecule has 4 rings (SSSR count). The van der Waals surface area contributed by atoms with Crippen LogP contribution in [0.2, 0.25) is 0 Å². The standard InChI is InChI=1S/C31H37N2/c1-18-9-10-25(16-32)15-28(18)29-12-11-26(17-33(29)8)30-19(2)13-27(14-20(30)3)31-23(6)21(4)22(5)24(31)7/h9-15,17,21-24,31H,1-8H3/q+1. The van der Waals surface area contributed by atoms with Gasteiger partial charge in [-0.15, -0.1) is 0 Å². The minimum atomic E-state index is 0.635. The SMILES string of the molecule is Cc1ccc(C#N)cc1-c1ccc(-c2c(C)cc(C3C(C)C(C)C(C)C3C)cc2C)c[n+]1C. The van der Waals surface area contributed by atoms with Gasteiger partial charge in [0.1, 0.15) is 7.05 Å². The van der Waals surface area contributed by atoms with Crippen molar-refractivity contribution in [3.8, 4) is 28.5 Å². The molecule has 3 aromatic rings. The quantitative estimate of drug-likeness (QED) is 0.396. The molecule has 0 saturated heterocycles. The van der Waals surface area contributed by atoms with Crippen molar-refractivity contribution in [2.75, 3.05) is 0 Å². The van der Waals surface area contributed by atoms with E-state index in [4.69, 9.17) is 0 Å². The lowest BCUT2D eigenvalue weighted by atomic mass is 9.80. The summed E-state index contributed by atoms with van der Waals surface area (Å²) in [6, 6.07) is 17.5. The molecule has 0 bridgehead atoms. The first-order valence-corrected chi connectivity index (χ1v) is 12.3. The molecule has 0 spiro atoms. The van der Waals surface area contributed by atoms with Crippen molar-refractivity contribution in [1.29, 1.82) is 5.26 Å². The Morgan fingerprint density at radius 1 is 0.758 bits per heavy atom. The zero-order chi connectivity index (χ0) is 24.0. The molecule has 2 nitrogen and oxygen atoms in total. The number of hydrogen-bond acceptors (Lipinski definition) is 1. The summed E-state index contributed by atoms with van der Waals surface area (Å²) in [5.74, 6) is 3.59. The van der Waals surface area contributed by atoms with Crippen LogP contribution >= 0.6 is 0 Å². The Bertz CT molecular complexity index is 1210. The highest BCUT2D eigenvalue weighted by Crippen LogP contribution is 2.51. The van der Waals surface area contributed by atoms with Crippen LogP contribution in [-0.4, -0.2) is 0 Å². The summed E-state index contributed by atoms with van der Waals surface area (Å²) in [6.45, 7) is 16.4. The minimum Gasteiger partial charge on any atom is -0.200 e. The van der Waals surface area contributed by atoms with Crippen LogP contribution in [0.25, 0.3) is 22.4 Å². The Labute approximate surface area is 199 Å². The van der Waals surface area contributed by atoms with Gasteiger partial charge in [-0.25, -0.2) is 4.57 Å². The van der Waals surface area contributed by atoms with Crippen LogP contribution in [0.1, 0.15) is 61.4 Å². The van der Waals surface area contributed by atoms with E-state index in [2.05, 4.69) is 96.6 Å². The molecule has 0 radical (unpaired) electrons. The Morgan fingerprint density at radius 3 is 1.91 bits per heavy atom. The molecule has 1 aromatic heterocycles. The van der Waals surface area contributed by atoms with Crippen LogP contribution in [0.3, 0.4) is 0 Å². The molecular weight excluding hydrogens is 400 g/mol. The molecule has 0 aliphatic heterocycles. The molecule has 1 aliphatic carbocycles. The van der Waals surface area contributed by atoms with Gasteiger partial charge in [0.15, 0.2) is 6.20 Å². The van der Waals surface area contributed by atoms with E-state index < -0.39 is 0 Å². The fourth-order valence-electron chi connectivity index (χ4n) is 6.35. The molecule has 4 atom stereocenters. The lowest BCUT2D eigenvalue weighted by molar-refractivity contribution is -0.659. The summed E-state index contributed by atoms with van der Waals surface area (Å²) < 4.78 is 2.19. The van der Waals surface area contributed by atoms with E-state index in [1.54, 1.807) is 0 Å². The van der Waals surface area contributed by atoms with E-state index in [-0.39, 0.29) is 0 Å². The molecule has 1 saturated carbocycles. The van der Waals surface area contributed by atoms with Gasteiger partial charge in [0.05, 0.1) is 17.2 Å². The highest BCUT2D eigenvalue weighted by Gasteiger charge is 2.42. The van der Waals surface area contributed by atoms with Gasteiger partial charge in [-0.3, -0.25) is 0 Å². The summed E-state index contributed by atoms with van der Waals surface area (Å²) >= 11 is 0. The summed E-state index contributed by atoms with van der Waals surface area (Å²) in [6.07, 6.45) is 2.23. The lowest BCUT2D eigenvalue weighted by Gasteiger charge is -2.24. The van der Waals surface area contributed by atoms with Crippen molar-refractivity contribution in [3.05, 3.63) is 76.5 Å². The van der Waals surface area contributed by atoms with Gasteiger partial charge in [0, 0.05) is 11.6 Å². The molecule has 33 heavy (non-hydrogen) atoms. The van der Waals surface area contributed by atoms with Gasteiger partial charge >= 0.3 is 0 Å². The first-order chi connectivity index (χ1) is 15.6. The Balaban J connectivity index is 1.74. The van der Waals surface area contributed by atoms with Crippen molar-refractivity contribution in [2.45, 2.75) is 54.4 Å². The second kappa shape index (κ2) is 8.79. The maximum atomic E-state index is 9.33. The van der Waals surface area contributed by atoms with Crippen molar-refractivity contribution in [1.82, 2.24) is 0 Å². The molecular formula is C31H37N2+. The zero-order valence-electron chi connectivity index (χ0n) is 21.4. The zero-order valence-corrected chi connectivity index (χ0v) is 21.4. The van der Waals surface area contributed by atoms with E-state index in [9.17, 15) is 5.26 Å². The number of hydrogen-bond donors (Lipinski definition) is 0. The first-order valence-electron chi connectivity index (χ1n) is 12.3. The van der Waals surface area contributed by atoms with E-state index in [0.29, 0.717) is 23.3 Å². The van der Waals surface area contributed by atoms with Crippen molar-refractivity contribution < 1.29 is 4.57 Å². The predicted molar refractivity (Wildman–Crippen MR) is 137 cm³/mol. The summed E-state index contributed by atoms with van der Waals surface area (Å²) in [5, 5.41) is 9.33. The number of nitrogens with zero attached hydrogens (tertiary/aromatic N) is 2. The van der Waals surface area contributed by atoms with Crippen LogP contribution in [-0.2, 0) is 7.05 Å².